The summed E-state index contributed by atoms with van der Waals surface area (Å²) in [6, 6.07) is 4.23. The maximum Gasteiger partial charge on any atom is 0.139 e. The van der Waals surface area contributed by atoms with E-state index in [1.165, 1.54) is 12.1 Å². The van der Waals surface area contributed by atoms with Gasteiger partial charge in [0.1, 0.15) is 17.2 Å². The summed E-state index contributed by atoms with van der Waals surface area (Å²) in [4.78, 5) is 2.67. The minimum atomic E-state index is -0.336. The molecule has 2 rings (SSSR count). The molecule has 0 fully saturated rings. The molecule has 0 amide bonds. The van der Waals surface area contributed by atoms with Gasteiger partial charge in [-0.25, -0.2) is 4.39 Å². The third-order valence-electron chi connectivity index (χ3n) is 2.67. The lowest BCUT2D eigenvalue weighted by molar-refractivity contribution is 0.542. The highest BCUT2D eigenvalue weighted by molar-refractivity contribution is 5.81. The SMILES string of the molecule is C[C@@H](N)c1cc(F)cc2cc(CCN=[N+]=[N-])oc12. The zero-order chi connectivity index (χ0) is 13.1. The Morgan fingerprint density at radius 1 is 1.50 bits per heavy atom. The van der Waals surface area contributed by atoms with Crippen molar-refractivity contribution in [1.29, 1.82) is 0 Å². The summed E-state index contributed by atoms with van der Waals surface area (Å²) in [6.45, 7) is 2.09. The van der Waals surface area contributed by atoms with Gasteiger partial charge in [-0.2, -0.15) is 0 Å². The third-order valence-corrected chi connectivity index (χ3v) is 2.67. The number of halogens is 1. The predicted octanol–water partition coefficient (Wildman–Crippen LogP) is 3.44. The van der Waals surface area contributed by atoms with Gasteiger partial charge < -0.3 is 10.2 Å². The van der Waals surface area contributed by atoms with E-state index in [9.17, 15) is 4.39 Å². The lowest BCUT2D eigenvalue weighted by Crippen LogP contribution is -2.05. The number of hydrogen-bond donors (Lipinski definition) is 1. The fourth-order valence-corrected chi connectivity index (χ4v) is 1.86. The van der Waals surface area contributed by atoms with Crippen LogP contribution in [-0.2, 0) is 6.42 Å². The molecule has 0 aliphatic rings. The van der Waals surface area contributed by atoms with Crippen LogP contribution in [0, 0.1) is 5.82 Å². The van der Waals surface area contributed by atoms with Crippen LogP contribution in [0.3, 0.4) is 0 Å². The number of azide groups is 1. The average Bonchev–Trinajstić information content (AvgIpc) is 2.70. The first kappa shape index (κ1) is 12.4. The zero-order valence-corrected chi connectivity index (χ0v) is 9.93. The lowest BCUT2D eigenvalue weighted by Gasteiger charge is -2.06. The van der Waals surface area contributed by atoms with Crippen LogP contribution >= 0.6 is 0 Å². The van der Waals surface area contributed by atoms with E-state index in [0.29, 0.717) is 35.3 Å². The monoisotopic (exact) mass is 248 g/mol. The Labute approximate surface area is 103 Å². The second-order valence-corrected chi connectivity index (χ2v) is 4.12. The van der Waals surface area contributed by atoms with Gasteiger partial charge in [-0.15, -0.1) is 0 Å². The van der Waals surface area contributed by atoms with E-state index in [1.54, 1.807) is 13.0 Å². The van der Waals surface area contributed by atoms with Gasteiger partial charge in [0.05, 0.1) is 0 Å². The van der Waals surface area contributed by atoms with E-state index >= 15 is 0 Å². The van der Waals surface area contributed by atoms with Gasteiger partial charge in [0.2, 0.25) is 0 Å². The molecule has 1 heterocycles. The van der Waals surface area contributed by atoms with Crippen molar-refractivity contribution in [2.24, 2.45) is 10.8 Å². The second-order valence-electron chi connectivity index (χ2n) is 4.12. The Kier molecular flexibility index (Phi) is 3.50. The molecule has 1 aromatic carbocycles. The molecule has 0 aliphatic heterocycles. The highest BCUT2D eigenvalue weighted by Crippen LogP contribution is 2.28. The first-order valence-electron chi connectivity index (χ1n) is 5.60. The lowest BCUT2D eigenvalue weighted by atomic mass is 10.1. The molecule has 18 heavy (non-hydrogen) atoms. The van der Waals surface area contributed by atoms with E-state index in [4.69, 9.17) is 15.7 Å². The Balaban J connectivity index is 2.43. The first-order valence-corrected chi connectivity index (χ1v) is 5.60. The Hall–Kier alpha value is -2.04. The van der Waals surface area contributed by atoms with Crippen LogP contribution in [0.15, 0.2) is 27.7 Å². The Morgan fingerprint density at radius 3 is 2.94 bits per heavy atom. The maximum absolute atomic E-state index is 13.4. The quantitative estimate of drug-likeness (QED) is 0.510. The number of fused-ring (bicyclic) bond motifs is 1. The van der Waals surface area contributed by atoms with E-state index in [-0.39, 0.29) is 11.9 Å². The first-order chi connectivity index (χ1) is 8.61. The van der Waals surface area contributed by atoms with Gasteiger partial charge >= 0.3 is 0 Å². The van der Waals surface area contributed by atoms with Gasteiger partial charge in [-0.1, -0.05) is 5.11 Å². The van der Waals surface area contributed by atoms with Crippen LogP contribution < -0.4 is 5.73 Å². The second kappa shape index (κ2) is 5.08. The van der Waals surface area contributed by atoms with E-state index in [1.807, 2.05) is 0 Å². The Bertz CT molecular complexity index is 614. The van der Waals surface area contributed by atoms with Gasteiger partial charge in [-0.3, -0.25) is 0 Å². The number of benzene rings is 1. The number of hydrogen-bond acceptors (Lipinski definition) is 3. The number of rotatable bonds is 4. The standard InChI is InChI=1S/C12H13FN4O/c1-7(14)11-6-9(13)4-8-5-10(18-12(8)11)2-3-16-17-15/h4-7H,2-3,14H2,1H3/t7-/m1/s1. The van der Waals surface area contributed by atoms with Gasteiger partial charge in [-0.05, 0) is 30.7 Å². The molecule has 0 radical (unpaired) electrons. The smallest absolute Gasteiger partial charge is 0.139 e. The molecule has 5 nitrogen and oxygen atoms in total. The van der Waals surface area contributed by atoms with Crippen LogP contribution in [-0.4, -0.2) is 6.54 Å². The van der Waals surface area contributed by atoms with Gasteiger partial charge in [0.15, 0.2) is 0 Å². The van der Waals surface area contributed by atoms with Crippen LogP contribution in [0.1, 0.15) is 24.3 Å². The van der Waals surface area contributed by atoms with Crippen LogP contribution in [0.5, 0.6) is 0 Å². The topological polar surface area (TPSA) is 87.9 Å². The maximum atomic E-state index is 13.4. The molecule has 2 aromatic rings. The molecule has 0 saturated carbocycles. The predicted molar refractivity (Wildman–Crippen MR) is 66.5 cm³/mol. The highest BCUT2D eigenvalue weighted by Gasteiger charge is 2.13. The minimum absolute atomic E-state index is 0.306. The normalized spacial score (nSPS) is 12.4. The van der Waals surface area contributed by atoms with Crippen molar-refractivity contribution in [1.82, 2.24) is 0 Å². The number of nitrogens with two attached hydrogens (primary N) is 1. The van der Waals surface area contributed by atoms with Crippen LogP contribution in [0.4, 0.5) is 4.39 Å². The Morgan fingerprint density at radius 2 is 2.28 bits per heavy atom. The molecular weight excluding hydrogens is 235 g/mol. The van der Waals surface area contributed by atoms with Crippen molar-refractivity contribution < 1.29 is 8.81 Å². The summed E-state index contributed by atoms with van der Waals surface area (Å²) in [5, 5.41) is 4.11. The molecule has 0 aliphatic carbocycles. The van der Waals surface area contributed by atoms with Crippen molar-refractivity contribution in [2.75, 3.05) is 6.54 Å². The number of furan rings is 1. The summed E-state index contributed by atoms with van der Waals surface area (Å²) < 4.78 is 19.0. The van der Waals surface area contributed by atoms with Crippen molar-refractivity contribution in [3.63, 3.8) is 0 Å². The van der Waals surface area contributed by atoms with E-state index < -0.39 is 0 Å². The summed E-state index contributed by atoms with van der Waals surface area (Å²) >= 11 is 0. The summed E-state index contributed by atoms with van der Waals surface area (Å²) in [6.07, 6.45) is 0.485. The van der Waals surface area contributed by atoms with E-state index in [2.05, 4.69) is 10.0 Å². The minimum Gasteiger partial charge on any atom is -0.461 e. The molecule has 94 valence electrons. The van der Waals surface area contributed by atoms with E-state index in [0.717, 1.165) is 0 Å². The van der Waals surface area contributed by atoms with Gasteiger partial charge in [0.25, 0.3) is 0 Å². The summed E-state index contributed by atoms with van der Waals surface area (Å²) in [7, 11) is 0. The third kappa shape index (κ3) is 2.45. The fraction of sp³-hybridized carbons (Fsp3) is 0.333. The molecule has 0 bridgehead atoms. The van der Waals surface area contributed by atoms with Gasteiger partial charge in [0, 0.05) is 34.9 Å². The largest absolute Gasteiger partial charge is 0.461 e. The molecule has 0 saturated heterocycles. The van der Waals surface area contributed by atoms with Crippen molar-refractivity contribution in [3.05, 3.63) is 45.8 Å². The zero-order valence-electron chi connectivity index (χ0n) is 9.93. The van der Waals surface area contributed by atoms with Crippen molar-refractivity contribution >= 4 is 11.0 Å². The average molecular weight is 248 g/mol. The molecule has 2 N–H and O–H groups in total. The summed E-state index contributed by atoms with van der Waals surface area (Å²) in [5.41, 5.74) is 15.2. The highest BCUT2D eigenvalue weighted by atomic mass is 19.1. The fourth-order valence-electron chi connectivity index (χ4n) is 1.86. The molecule has 0 spiro atoms. The van der Waals surface area contributed by atoms with Crippen LogP contribution in [0.2, 0.25) is 0 Å². The van der Waals surface area contributed by atoms with Crippen molar-refractivity contribution in [2.45, 2.75) is 19.4 Å². The summed E-state index contributed by atoms with van der Waals surface area (Å²) in [5.74, 6) is 0.321. The molecular formula is C12H13FN4O. The number of nitrogens with zero attached hydrogens (tertiary/aromatic N) is 3. The van der Waals surface area contributed by atoms with Crippen LogP contribution in [0.25, 0.3) is 21.4 Å². The molecule has 6 heteroatoms. The molecule has 1 aromatic heterocycles. The molecule has 1 atom stereocenters. The van der Waals surface area contributed by atoms with Crippen molar-refractivity contribution in [3.8, 4) is 0 Å². The molecule has 0 unspecified atom stereocenters.